The number of carbonyl (C=O) groups excluding carboxylic acids is 1. The largest absolute Gasteiger partial charge is 0.485 e. The van der Waals surface area contributed by atoms with Crippen molar-refractivity contribution < 1.29 is 18.7 Å². The highest BCUT2D eigenvalue weighted by Gasteiger charge is 2.27. The molecular weight excluding hydrogens is 343 g/mol. The number of rotatable bonds is 2. The van der Waals surface area contributed by atoms with Crippen LogP contribution in [0.15, 0.2) is 47.5 Å². The van der Waals surface area contributed by atoms with E-state index < -0.39 is 12.0 Å². The van der Waals surface area contributed by atoms with Gasteiger partial charge in [-0.1, -0.05) is 29.5 Å². The van der Waals surface area contributed by atoms with Crippen molar-refractivity contribution in [3.05, 3.63) is 53.1 Å². The summed E-state index contributed by atoms with van der Waals surface area (Å²) in [5, 5.41) is 0. The van der Waals surface area contributed by atoms with Gasteiger partial charge in [-0.05, 0) is 31.2 Å². The SMILES string of the molecule is CCn1c(=NC(=O)[C@H]2COc3ccccc3O2)sc2cccc(F)c21. The topological polar surface area (TPSA) is 52.8 Å². The third-order valence-electron chi connectivity index (χ3n) is 3.96. The van der Waals surface area contributed by atoms with Crippen molar-refractivity contribution in [2.75, 3.05) is 6.61 Å². The minimum atomic E-state index is -0.810. The summed E-state index contributed by atoms with van der Waals surface area (Å²) in [7, 11) is 0. The molecule has 0 N–H and O–H groups in total. The maximum absolute atomic E-state index is 14.1. The molecule has 1 aromatic heterocycles. The average molecular weight is 358 g/mol. The first-order chi connectivity index (χ1) is 12.2. The summed E-state index contributed by atoms with van der Waals surface area (Å²) in [6, 6.07) is 12.0. The number of para-hydroxylation sites is 3. The van der Waals surface area contributed by atoms with Gasteiger partial charge in [0.05, 0.1) is 10.2 Å². The molecule has 0 unspecified atom stereocenters. The molecule has 0 fully saturated rings. The second-order valence-electron chi connectivity index (χ2n) is 5.53. The summed E-state index contributed by atoms with van der Waals surface area (Å²) in [5.41, 5.74) is 0.465. The Bertz CT molecular complexity index is 1020. The van der Waals surface area contributed by atoms with E-state index in [1.54, 1.807) is 22.8 Å². The number of aromatic nitrogens is 1. The van der Waals surface area contributed by atoms with Crippen molar-refractivity contribution in [1.29, 1.82) is 0 Å². The summed E-state index contributed by atoms with van der Waals surface area (Å²) in [4.78, 5) is 17.2. The number of fused-ring (bicyclic) bond motifs is 2. The monoisotopic (exact) mass is 358 g/mol. The van der Waals surface area contributed by atoms with Gasteiger partial charge in [0.1, 0.15) is 12.4 Å². The molecule has 5 nitrogen and oxygen atoms in total. The Morgan fingerprint density at radius 1 is 1.28 bits per heavy atom. The van der Waals surface area contributed by atoms with E-state index in [0.29, 0.717) is 28.4 Å². The third-order valence-corrected chi connectivity index (χ3v) is 5.00. The van der Waals surface area contributed by atoms with Gasteiger partial charge in [-0.15, -0.1) is 0 Å². The summed E-state index contributed by atoms with van der Waals surface area (Å²) in [6.07, 6.45) is -0.810. The molecule has 0 saturated heterocycles. The van der Waals surface area contributed by atoms with E-state index >= 15 is 0 Å². The zero-order valence-electron chi connectivity index (χ0n) is 13.4. The number of benzene rings is 2. The lowest BCUT2D eigenvalue weighted by Crippen LogP contribution is -2.36. The third kappa shape index (κ3) is 2.80. The first kappa shape index (κ1) is 15.8. The standard InChI is InChI=1S/C18H15FN2O3S/c1-2-21-16-11(19)6-5-9-15(16)25-18(21)20-17(22)14-10-23-12-7-3-4-8-13(12)24-14/h3-9,14H,2,10H2,1H3/t14-/m1/s1. The van der Waals surface area contributed by atoms with Gasteiger partial charge >= 0.3 is 0 Å². The minimum absolute atomic E-state index is 0.102. The van der Waals surface area contributed by atoms with Crippen LogP contribution in [0.3, 0.4) is 0 Å². The van der Waals surface area contributed by atoms with Crippen LogP contribution in [0.1, 0.15) is 6.92 Å². The normalized spacial score (nSPS) is 17.0. The summed E-state index contributed by atoms with van der Waals surface area (Å²) >= 11 is 1.28. The van der Waals surface area contributed by atoms with Gasteiger partial charge in [-0.3, -0.25) is 4.79 Å². The van der Waals surface area contributed by atoms with Gasteiger partial charge < -0.3 is 14.0 Å². The van der Waals surface area contributed by atoms with Crippen molar-refractivity contribution in [3.63, 3.8) is 0 Å². The van der Waals surface area contributed by atoms with Crippen molar-refractivity contribution in [1.82, 2.24) is 4.57 Å². The molecule has 1 atom stereocenters. The molecule has 1 aliphatic rings. The van der Waals surface area contributed by atoms with Crippen molar-refractivity contribution in [2.24, 2.45) is 4.99 Å². The van der Waals surface area contributed by atoms with Gasteiger partial charge in [0, 0.05) is 6.54 Å². The van der Waals surface area contributed by atoms with Gasteiger partial charge in [0.2, 0.25) is 6.10 Å². The van der Waals surface area contributed by atoms with Crippen LogP contribution in [-0.4, -0.2) is 23.2 Å². The molecule has 0 radical (unpaired) electrons. The second-order valence-corrected chi connectivity index (χ2v) is 6.54. The highest BCUT2D eigenvalue weighted by molar-refractivity contribution is 7.16. The Balaban J connectivity index is 1.71. The maximum atomic E-state index is 14.1. The molecule has 25 heavy (non-hydrogen) atoms. The smallest absolute Gasteiger partial charge is 0.292 e. The fraction of sp³-hybridized carbons (Fsp3) is 0.222. The Morgan fingerprint density at radius 2 is 2.08 bits per heavy atom. The molecule has 2 aromatic carbocycles. The molecule has 2 heterocycles. The highest BCUT2D eigenvalue weighted by Crippen LogP contribution is 2.31. The van der Waals surface area contributed by atoms with Crippen molar-refractivity contribution in [2.45, 2.75) is 19.6 Å². The number of amides is 1. The number of hydrogen-bond donors (Lipinski definition) is 0. The highest BCUT2D eigenvalue weighted by atomic mass is 32.1. The van der Waals surface area contributed by atoms with E-state index in [-0.39, 0.29) is 12.4 Å². The van der Waals surface area contributed by atoms with E-state index in [4.69, 9.17) is 9.47 Å². The van der Waals surface area contributed by atoms with Gasteiger partial charge in [0.15, 0.2) is 16.3 Å². The van der Waals surface area contributed by atoms with Crippen molar-refractivity contribution in [3.8, 4) is 11.5 Å². The lowest BCUT2D eigenvalue weighted by molar-refractivity contribution is -0.127. The number of aryl methyl sites for hydroxylation is 1. The number of halogens is 1. The molecule has 128 valence electrons. The molecule has 1 amide bonds. The Morgan fingerprint density at radius 3 is 2.88 bits per heavy atom. The lowest BCUT2D eigenvalue weighted by Gasteiger charge is -2.23. The van der Waals surface area contributed by atoms with Gasteiger partial charge in [-0.25, -0.2) is 4.39 Å². The zero-order valence-corrected chi connectivity index (χ0v) is 14.3. The van der Waals surface area contributed by atoms with E-state index in [0.717, 1.165) is 4.70 Å². The fourth-order valence-corrected chi connectivity index (χ4v) is 3.89. The minimum Gasteiger partial charge on any atom is -0.485 e. The van der Waals surface area contributed by atoms with E-state index in [2.05, 4.69) is 4.99 Å². The number of hydrogen-bond acceptors (Lipinski definition) is 4. The predicted molar refractivity (Wildman–Crippen MR) is 92.4 cm³/mol. The van der Waals surface area contributed by atoms with Crippen molar-refractivity contribution >= 4 is 27.5 Å². The zero-order chi connectivity index (χ0) is 17.4. The number of ether oxygens (including phenoxy) is 2. The van der Waals surface area contributed by atoms with Crippen LogP contribution in [0.5, 0.6) is 11.5 Å². The number of carbonyl (C=O) groups is 1. The molecule has 0 aliphatic carbocycles. The quantitative estimate of drug-likeness (QED) is 0.707. The molecule has 0 spiro atoms. The number of thiazole rings is 1. The Labute approximate surface area is 147 Å². The van der Waals surface area contributed by atoms with Crippen LogP contribution in [0.2, 0.25) is 0 Å². The summed E-state index contributed by atoms with van der Waals surface area (Å²) in [6.45, 7) is 2.50. The van der Waals surface area contributed by atoms with Crippen LogP contribution in [0.25, 0.3) is 10.2 Å². The summed E-state index contributed by atoms with van der Waals surface area (Å²) in [5.74, 6) is 0.367. The van der Waals surface area contributed by atoms with E-state index in [9.17, 15) is 9.18 Å². The van der Waals surface area contributed by atoms with Crippen LogP contribution < -0.4 is 14.3 Å². The van der Waals surface area contributed by atoms with Gasteiger partial charge in [-0.2, -0.15) is 4.99 Å². The average Bonchev–Trinajstić information content (AvgIpc) is 2.99. The van der Waals surface area contributed by atoms with Crippen LogP contribution in [0.4, 0.5) is 4.39 Å². The molecular formula is C18H15FN2O3S. The maximum Gasteiger partial charge on any atom is 0.292 e. The summed E-state index contributed by atoms with van der Waals surface area (Å²) < 4.78 is 27.8. The Kier molecular flexibility index (Phi) is 4.01. The molecule has 0 bridgehead atoms. The second kappa shape index (κ2) is 6.33. The molecule has 7 heteroatoms. The van der Waals surface area contributed by atoms with Crippen LogP contribution >= 0.6 is 11.3 Å². The first-order valence-electron chi connectivity index (χ1n) is 7.92. The molecule has 1 aliphatic heterocycles. The molecule has 4 rings (SSSR count). The lowest BCUT2D eigenvalue weighted by atomic mass is 10.2. The fourth-order valence-electron chi connectivity index (χ4n) is 2.77. The first-order valence-corrected chi connectivity index (χ1v) is 8.74. The predicted octanol–water partition coefficient (Wildman–Crippen LogP) is 3.13. The molecule has 0 saturated carbocycles. The van der Waals surface area contributed by atoms with Crippen LogP contribution in [-0.2, 0) is 11.3 Å². The Hall–Kier alpha value is -2.67. The molecule has 3 aromatic rings. The van der Waals surface area contributed by atoms with E-state index in [1.807, 2.05) is 25.1 Å². The van der Waals surface area contributed by atoms with Crippen LogP contribution in [0, 0.1) is 5.82 Å². The van der Waals surface area contributed by atoms with Gasteiger partial charge in [0.25, 0.3) is 5.91 Å². The van der Waals surface area contributed by atoms with E-state index in [1.165, 1.54) is 17.4 Å². The number of nitrogens with zero attached hydrogens (tertiary/aromatic N) is 2.